The lowest BCUT2D eigenvalue weighted by atomic mass is 9.88. The highest BCUT2D eigenvalue weighted by Gasteiger charge is 2.19. The van der Waals surface area contributed by atoms with Crippen molar-refractivity contribution in [2.75, 3.05) is 13.2 Å². The van der Waals surface area contributed by atoms with Gasteiger partial charge < -0.3 is 9.47 Å². The smallest absolute Gasteiger partial charge is 0.344 e. The maximum Gasteiger partial charge on any atom is 0.344 e. The minimum Gasteiger partial charge on any atom is -0.481 e. The molecule has 0 amide bonds. The van der Waals surface area contributed by atoms with E-state index < -0.39 is 0 Å². The van der Waals surface area contributed by atoms with Crippen LogP contribution in [-0.2, 0) is 14.9 Å². The molecule has 1 heterocycles. The van der Waals surface area contributed by atoms with Gasteiger partial charge in [-0.15, -0.1) is 0 Å². The van der Waals surface area contributed by atoms with Crippen molar-refractivity contribution in [1.82, 2.24) is 4.98 Å². The predicted octanol–water partition coefficient (Wildman–Crippen LogP) is 2.32. The Bertz CT molecular complexity index is 382. The summed E-state index contributed by atoms with van der Waals surface area (Å²) in [4.78, 5) is 15.3. The van der Waals surface area contributed by atoms with Crippen molar-refractivity contribution in [3.05, 3.63) is 24.0 Å². The van der Waals surface area contributed by atoms with Crippen molar-refractivity contribution in [2.24, 2.45) is 0 Å². The monoisotopic (exact) mass is 237 g/mol. The molecule has 0 aromatic carbocycles. The van der Waals surface area contributed by atoms with E-state index in [9.17, 15) is 4.79 Å². The molecule has 1 rings (SSSR count). The van der Waals surface area contributed by atoms with Gasteiger partial charge in [0.25, 0.3) is 0 Å². The van der Waals surface area contributed by atoms with E-state index in [1.807, 2.05) is 0 Å². The normalized spacial score (nSPS) is 11.1. The van der Waals surface area contributed by atoms with Crippen molar-refractivity contribution >= 4 is 5.97 Å². The van der Waals surface area contributed by atoms with Crippen molar-refractivity contribution in [1.29, 1.82) is 0 Å². The van der Waals surface area contributed by atoms with Gasteiger partial charge in [0.2, 0.25) is 0 Å². The average Bonchev–Trinajstić information content (AvgIpc) is 2.26. The lowest BCUT2D eigenvalue weighted by Gasteiger charge is -2.21. The molecule has 0 saturated heterocycles. The highest BCUT2D eigenvalue weighted by molar-refractivity contribution is 5.71. The Morgan fingerprint density at radius 2 is 2.12 bits per heavy atom. The molecular weight excluding hydrogens is 218 g/mol. The number of rotatable bonds is 4. The van der Waals surface area contributed by atoms with E-state index in [4.69, 9.17) is 9.47 Å². The van der Waals surface area contributed by atoms with Gasteiger partial charge in [0.15, 0.2) is 6.61 Å². The van der Waals surface area contributed by atoms with Crippen molar-refractivity contribution in [3.63, 3.8) is 0 Å². The molecule has 0 radical (unpaired) electrons. The number of carbonyl (C=O) groups is 1. The fraction of sp³-hybridized carbons (Fsp3) is 0.538. The third-order valence-corrected chi connectivity index (χ3v) is 2.24. The SMILES string of the molecule is CCOC(=O)COc1ccncc1C(C)(C)C. The first kappa shape index (κ1) is 13.5. The summed E-state index contributed by atoms with van der Waals surface area (Å²) in [5.74, 6) is 0.324. The van der Waals surface area contributed by atoms with E-state index in [0.29, 0.717) is 12.4 Å². The Morgan fingerprint density at radius 1 is 1.41 bits per heavy atom. The van der Waals surface area contributed by atoms with Gasteiger partial charge in [-0.25, -0.2) is 4.79 Å². The molecular formula is C13H19NO3. The van der Waals surface area contributed by atoms with Crippen LogP contribution in [0.3, 0.4) is 0 Å². The lowest BCUT2D eigenvalue weighted by Crippen LogP contribution is -2.18. The molecule has 0 aliphatic heterocycles. The fourth-order valence-electron chi connectivity index (χ4n) is 1.41. The number of esters is 1. The van der Waals surface area contributed by atoms with Gasteiger partial charge in [0.05, 0.1) is 6.61 Å². The van der Waals surface area contributed by atoms with Gasteiger partial charge in [0, 0.05) is 18.0 Å². The first-order valence-corrected chi connectivity index (χ1v) is 5.68. The topological polar surface area (TPSA) is 48.4 Å². The van der Waals surface area contributed by atoms with E-state index in [-0.39, 0.29) is 18.0 Å². The van der Waals surface area contributed by atoms with E-state index in [1.165, 1.54) is 0 Å². The Hall–Kier alpha value is -1.58. The maximum atomic E-state index is 11.2. The summed E-state index contributed by atoms with van der Waals surface area (Å²) in [5, 5.41) is 0. The van der Waals surface area contributed by atoms with Crippen molar-refractivity contribution in [3.8, 4) is 5.75 Å². The first-order chi connectivity index (χ1) is 7.95. The molecule has 0 atom stereocenters. The van der Waals surface area contributed by atoms with Gasteiger partial charge in [-0.3, -0.25) is 4.98 Å². The van der Waals surface area contributed by atoms with Crippen LogP contribution in [0.25, 0.3) is 0 Å². The second-order valence-corrected chi connectivity index (χ2v) is 4.72. The summed E-state index contributed by atoms with van der Waals surface area (Å²) >= 11 is 0. The molecule has 1 aromatic heterocycles. The predicted molar refractivity (Wildman–Crippen MR) is 65.1 cm³/mol. The Balaban J connectivity index is 2.74. The number of ether oxygens (including phenoxy) is 2. The van der Waals surface area contributed by atoms with Gasteiger partial charge in [-0.2, -0.15) is 0 Å². The van der Waals surface area contributed by atoms with Crippen LogP contribution in [0.1, 0.15) is 33.3 Å². The molecule has 0 unspecified atom stereocenters. The first-order valence-electron chi connectivity index (χ1n) is 5.68. The largest absolute Gasteiger partial charge is 0.481 e. The molecule has 4 nitrogen and oxygen atoms in total. The van der Waals surface area contributed by atoms with Crippen LogP contribution in [0.4, 0.5) is 0 Å². The zero-order chi connectivity index (χ0) is 12.9. The van der Waals surface area contributed by atoms with E-state index in [2.05, 4.69) is 25.8 Å². The van der Waals surface area contributed by atoms with Gasteiger partial charge in [-0.05, 0) is 18.4 Å². The molecule has 0 fully saturated rings. The zero-order valence-corrected chi connectivity index (χ0v) is 10.8. The van der Waals surface area contributed by atoms with Crippen LogP contribution in [0.5, 0.6) is 5.75 Å². The Labute approximate surface area is 102 Å². The number of pyridine rings is 1. The molecule has 0 spiro atoms. The van der Waals surface area contributed by atoms with Crippen molar-refractivity contribution < 1.29 is 14.3 Å². The third-order valence-electron chi connectivity index (χ3n) is 2.24. The van der Waals surface area contributed by atoms with Crippen LogP contribution in [0, 0.1) is 0 Å². The molecule has 17 heavy (non-hydrogen) atoms. The summed E-state index contributed by atoms with van der Waals surface area (Å²) < 4.78 is 10.3. The van der Waals surface area contributed by atoms with Crippen molar-refractivity contribution in [2.45, 2.75) is 33.1 Å². The summed E-state index contributed by atoms with van der Waals surface area (Å²) in [5.41, 5.74) is 0.905. The minimum atomic E-state index is -0.357. The number of nitrogens with zero attached hydrogens (tertiary/aromatic N) is 1. The summed E-state index contributed by atoms with van der Waals surface area (Å²) in [7, 11) is 0. The standard InChI is InChI=1S/C13H19NO3/c1-5-16-12(15)9-17-11-6-7-14-8-10(11)13(2,3)4/h6-8H,5,9H2,1-4H3. The quantitative estimate of drug-likeness (QED) is 0.754. The molecule has 1 aromatic rings. The van der Waals surface area contributed by atoms with E-state index in [0.717, 1.165) is 5.56 Å². The van der Waals surface area contributed by atoms with Gasteiger partial charge in [0.1, 0.15) is 5.75 Å². The summed E-state index contributed by atoms with van der Waals surface area (Å²) in [6, 6.07) is 1.76. The van der Waals surface area contributed by atoms with Crippen LogP contribution < -0.4 is 4.74 Å². The Kier molecular flexibility index (Phi) is 4.49. The Morgan fingerprint density at radius 3 is 2.71 bits per heavy atom. The summed E-state index contributed by atoms with van der Waals surface area (Å²) in [6.45, 7) is 8.28. The zero-order valence-electron chi connectivity index (χ0n) is 10.8. The van der Waals surface area contributed by atoms with E-state index in [1.54, 1.807) is 25.4 Å². The minimum absolute atomic E-state index is 0.0685. The van der Waals surface area contributed by atoms with Crippen LogP contribution in [0.2, 0.25) is 0 Å². The maximum absolute atomic E-state index is 11.2. The summed E-state index contributed by atoms with van der Waals surface area (Å²) in [6.07, 6.45) is 3.41. The second kappa shape index (κ2) is 5.66. The van der Waals surface area contributed by atoms with Crippen LogP contribution in [0.15, 0.2) is 18.5 Å². The fourth-order valence-corrected chi connectivity index (χ4v) is 1.41. The van der Waals surface area contributed by atoms with Crippen LogP contribution >= 0.6 is 0 Å². The van der Waals surface area contributed by atoms with Gasteiger partial charge >= 0.3 is 5.97 Å². The highest BCUT2D eigenvalue weighted by atomic mass is 16.6. The molecule has 0 N–H and O–H groups in total. The lowest BCUT2D eigenvalue weighted by molar-refractivity contribution is -0.145. The van der Waals surface area contributed by atoms with Crippen LogP contribution in [-0.4, -0.2) is 24.2 Å². The molecule has 0 aliphatic carbocycles. The molecule has 0 aliphatic rings. The number of hydrogen-bond acceptors (Lipinski definition) is 4. The molecule has 0 bridgehead atoms. The highest BCUT2D eigenvalue weighted by Crippen LogP contribution is 2.29. The molecule has 94 valence electrons. The van der Waals surface area contributed by atoms with Gasteiger partial charge in [-0.1, -0.05) is 20.8 Å². The average molecular weight is 237 g/mol. The number of hydrogen-bond donors (Lipinski definition) is 0. The number of aromatic nitrogens is 1. The second-order valence-electron chi connectivity index (χ2n) is 4.72. The third kappa shape index (κ3) is 4.06. The number of carbonyl (C=O) groups excluding carboxylic acids is 1. The molecule has 4 heteroatoms. The molecule has 0 saturated carbocycles. The van der Waals surface area contributed by atoms with E-state index >= 15 is 0 Å².